The van der Waals surface area contributed by atoms with E-state index >= 15 is 0 Å². The van der Waals surface area contributed by atoms with Gasteiger partial charge in [-0.05, 0) is 18.6 Å². The van der Waals surface area contributed by atoms with E-state index in [0.29, 0.717) is 53.0 Å². The first-order valence-corrected chi connectivity index (χ1v) is 8.90. The SMILES string of the molecule is O=C(NCCCNC(=O)c1cnc2nccnc2c1)c1cnc2nccnc2c1. The molecule has 0 saturated heterocycles. The summed E-state index contributed by atoms with van der Waals surface area (Å²) in [7, 11) is 0. The fraction of sp³-hybridized carbons (Fsp3) is 0.158. The molecule has 4 aromatic heterocycles. The minimum absolute atomic E-state index is 0.256. The zero-order valence-electron chi connectivity index (χ0n) is 15.2. The topological polar surface area (TPSA) is 136 Å². The van der Waals surface area contributed by atoms with Gasteiger partial charge in [-0.15, -0.1) is 0 Å². The van der Waals surface area contributed by atoms with Gasteiger partial charge in [0, 0.05) is 50.3 Å². The molecule has 0 saturated carbocycles. The Morgan fingerprint density at radius 1 is 0.655 bits per heavy atom. The van der Waals surface area contributed by atoms with Crippen LogP contribution in [0.4, 0.5) is 0 Å². The van der Waals surface area contributed by atoms with Crippen molar-refractivity contribution in [1.82, 2.24) is 40.5 Å². The van der Waals surface area contributed by atoms with Gasteiger partial charge in [0.1, 0.15) is 11.0 Å². The molecule has 0 atom stereocenters. The third kappa shape index (κ3) is 4.26. The van der Waals surface area contributed by atoms with Gasteiger partial charge in [-0.1, -0.05) is 0 Å². The van der Waals surface area contributed by atoms with Crippen molar-refractivity contribution in [3.63, 3.8) is 0 Å². The lowest BCUT2D eigenvalue weighted by atomic mass is 10.2. The van der Waals surface area contributed by atoms with E-state index in [0.717, 1.165) is 0 Å². The summed E-state index contributed by atoms with van der Waals surface area (Å²) in [5.74, 6) is -0.512. The quantitative estimate of drug-likeness (QED) is 0.465. The van der Waals surface area contributed by atoms with E-state index in [-0.39, 0.29) is 11.8 Å². The highest BCUT2D eigenvalue weighted by Gasteiger charge is 2.09. The summed E-state index contributed by atoms with van der Waals surface area (Å²) >= 11 is 0. The Morgan fingerprint density at radius 3 is 1.59 bits per heavy atom. The van der Waals surface area contributed by atoms with Crippen LogP contribution in [-0.2, 0) is 0 Å². The summed E-state index contributed by atoms with van der Waals surface area (Å²) in [6.45, 7) is 0.804. The molecule has 4 heterocycles. The fourth-order valence-corrected chi connectivity index (χ4v) is 2.66. The number of carbonyl (C=O) groups is 2. The monoisotopic (exact) mass is 388 g/mol. The summed E-state index contributed by atoms with van der Waals surface area (Å²) in [4.78, 5) is 49.1. The second-order valence-corrected chi connectivity index (χ2v) is 6.11. The van der Waals surface area contributed by atoms with E-state index in [1.54, 1.807) is 36.9 Å². The zero-order valence-corrected chi connectivity index (χ0v) is 15.2. The molecule has 0 aromatic carbocycles. The number of hydrogen-bond acceptors (Lipinski definition) is 8. The number of nitrogens with one attached hydrogen (secondary N) is 2. The number of hydrogen-bond donors (Lipinski definition) is 2. The predicted molar refractivity (Wildman–Crippen MR) is 104 cm³/mol. The lowest BCUT2D eigenvalue weighted by molar-refractivity contribution is 0.0951. The Kier molecular flexibility index (Phi) is 5.23. The third-order valence-corrected chi connectivity index (χ3v) is 4.10. The number of amides is 2. The average molecular weight is 388 g/mol. The van der Waals surface area contributed by atoms with Crippen molar-refractivity contribution in [2.24, 2.45) is 0 Å². The lowest BCUT2D eigenvalue weighted by Crippen LogP contribution is -2.30. The van der Waals surface area contributed by atoms with Crippen LogP contribution in [0.15, 0.2) is 49.3 Å². The first-order valence-electron chi connectivity index (χ1n) is 8.90. The van der Waals surface area contributed by atoms with Gasteiger partial charge in [-0.25, -0.2) is 19.9 Å². The fourth-order valence-electron chi connectivity index (χ4n) is 2.66. The maximum absolute atomic E-state index is 12.2. The van der Waals surface area contributed by atoms with Gasteiger partial charge in [0.25, 0.3) is 11.8 Å². The van der Waals surface area contributed by atoms with Crippen molar-refractivity contribution >= 4 is 34.1 Å². The molecule has 10 nitrogen and oxygen atoms in total. The van der Waals surface area contributed by atoms with Crippen LogP contribution in [0.5, 0.6) is 0 Å². The molecule has 2 N–H and O–H groups in total. The number of nitrogens with zero attached hydrogens (tertiary/aromatic N) is 6. The van der Waals surface area contributed by atoms with Crippen LogP contribution in [0.1, 0.15) is 27.1 Å². The van der Waals surface area contributed by atoms with Crippen molar-refractivity contribution in [3.8, 4) is 0 Å². The highest BCUT2D eigenvalue weighted by Crippen LogP contribution is 2.08. The lowest BCUT2D eigenvalue weighted by Gasteiger charge is -2.07. The normalized spacial score (nSPS) is 10.8. The van der Waals surface area contributed by atoms with E-state index in [9.17, 15) is 9.59 Å². The van der Waals surface area contributed by atoms with Crippen LogP contribution < -0.4 is 10.6 Å². The Balaban J connectivity index is 1.25. The van der Waals surface area contributed by atoms with Gasteiger partial charge >= 0.3 is 0 Å². The minimum atomic E-state index is -0.256. The van der Waals surface area contributed by atoms with E-state index in [1.807, 2.05) is 0 Å². The minimum Gasteiger partial charge on any atom is -0.352 e. The highest BCUT2D eigenvalue weighted by molar-refractivity contribution is 5.96. The van der Waals surface area contributed by atoms with Gasteiger partial charge in [-0.3, -0.25) is 19.6 Å². The molecule has 2 amide bonds. The molecule has 0 aliphatic rings. The highest BCUT2D eigenvalue weighted by atomic mass is 16.2. The summed E-state index contributed by atoms with van der Waals surface area (Å²) in [5.41, 5.74) is 2.90. The third-order valence-electron chi connectivity index (χ3n) is 4.10. The molecule has 10 heteroatoms. The largest absolute Gasteiger partial charge is 0.352 e. The van der Waals surface area contributed by atoms with Crippen LogP contribution in [0.3, 0.4) is 0 Å². The summed E-state index contributed by atoms with van der Waals surface area (Å²) < 4.78 is 0. The number of fused-ring (bicyclic) bond motifs is 2. The van der Waals surface area contributed by atoms with Crippen molar-refractivity contribution in [2.75, 3.05) is 13.1 Å². The molecule has 0 fully saturated rings. The second-order valence-electron chi connectivity index (χ2n) is 6.11. The smallest absolute Gasteiger partial charge is 0.252 e. The maximum Gasteiger partial charge on any atom is 0.252 e. The number of rotatable bonds is 6. The molecular weight excluding hydrogens is 372 g/mol. The molecule has 0 bridgehead atoms. The van der Waals surface area contributed by atoms with Gasteiger partial charge in [0.15, 0.2) is 11.3 Å². The summed E-state index contributed by atoms with van der Waals surface area (Å²) in [5, 5.41) is 5.58. The molecule has 4 rings (SSSR count). The van der Waals surface area contributed by atoms with Crippen LogP contribution in [0, 0.1) is 0 Å². The number of aromatic nitrogens is 6. The van der Waals surface area contributed by atoms with Crippen molar-refractivity contribution < 1.29 is 9.59 Å². The Bertz CT molecular complexity index is 1100. The van der Waals surface area contributed by atoms with Crippen LogP contribution in [0.2, 0.25) is 0 Å². The maximum atomic E-state index is 12.2. The standard InChI is InChI=1S/C19H16N8O2/c28-18(12-8-14-16(26-10-12)22-6-4-20-14)24-2-1-3-25-19(29)13-9-15-17(27-11-13)23-7-5-21-15/h4-11H,1-3H2,(H,24,28)(H,25,29). The first kappa shape index (κ1) is 18.3. The van der Waals surface area contributed by atoms with Gasteiger partial charge < -0.3 is 10.6 Å². The van der Waals surface area contributed by atoms with Gasteiger partial charge in [-0.2, -0.15) is 0 Å². The van der Waals surface area contributed by atoms with E-state index in [1.165, 1.54) is 12.4 Å². The van der Waals surface area contributed by atoms with Crippen LogP contribution >= 0.6 is 0 Å². The molecule has 0 aliphatic carbocycles. The molecule has 0 radical (unpaired) electrons. The Labute approximate surface area is 164 Å². The van der Waals surface area contributed by atoms with Crippen molar-refractivity contribution in [2.45, 2.75) is 6.42 Å². The summed E-state index contributed by atoms with van der Waals surface area (Å²) in [6.07, 6.45) is 9.68. The van der Waals surface area contributed by atoms with Crippen molar-refractivity contribution in [3.05, 3.63) is 60.4 Å². The Morgan fingerprint density at radius 2 is 1.10 bits per heavy atom. The zero-order chi connectivity index (χ0) is 20.1. The first-order chi connectivity index (χ1) is 14.2. The van der Waals surface area contributed by atoms with Crippen LogP contribution in [-0.4, -0.2) is 54.8 Å². The predicted octanol–water partition coefficient (Wildman–Crippen LogP) is 0.913. The van der Waals surface area contributed by atoms with E-state index in [4.69, 9.17) is 0 Å². The van der Waals surface area contributed by atoms with E-state index < -0.39 is 0 Å². The molecule has 0 spiro atoms. The summed E-state index contributed by atoms with van der Waals surface area (Å²) in [6, 6.07) is 3.28. The molecule has 4 aromatic rings. The van der Waals surface area contributed by atoms with E-state index in [2.05, 4.69) is 40.5 Å². The molecule has 29 heavy (non-hydrogen) atoms. The number of pyridine rings is 2. The van der Waals surface area contributed by atoms with Crippen LogP contribution in [0.25, 0.3) is 22.3 Å². The average Bonchev–Trinajstić information content (AvgIpc) is 2.77. The van der Waals surface area contributed by atoms with Gasteiger partial charge in [0.2, 0.25) is 0 Å². The molecular formula is C19H16N8O2. The van der Waals surface area contributed by atoms with Crippen molar-refractivity contribution in [1.29, 1.82) is 0 Å². The molecule has 0 unspecified atom stereocenters. The Hall–Kier alpha value is -4.08. The molecule has 144 valence electrons. The molecule has 0 aliphatic heterocycles. The van der Waals surface area contributed by atoms with Gasteiger partial charge in [0.05, 0.1) is 11.1 Å². The number of carbonyl (C=O) groups excluding carboxylic acids is 2. The second kappa shape index (κ2) is 8.30.